The van der Waals surface area contributed by atoms with E-state index in [0.29, 0.717) is 17.1 Å². The van der Waals surface area contributed by atoms with Gasteiger partial charge in [0.15, 0.2) is 0 Å². The van der Waals surface area contributed by atoms with Gasteiger partial charge in [0.1, 0.15) is 17.6 Å². The highest BCUT2D eigenvalue weighted by Gasteiger charge is 2.30. The lowest BCUT2D eigenvalue weighted by atomic mass is 9.91. The minimum absolute atomic E-state index is 0.00649. The summed E-state index contributed by atoms with van der Waals surface area (Å²) < 4.78 is 6.46. The molecule has 2 heterocycles. The summed E-state index contributed by atoms with van der Waals surface area (Å²) in [7, 11) is 2.13. The maximum Gasteiger partial charge on any atom is 0.224 e. The van der Waals surface area contributed by atoms with Crippen molar-refractivity contribution in [3.63, 3.8) is 0 Å². The molecule has 0 saturated carbocycles. The Hall–Kier alpha value is -3.63. The second-order valence-corrected chi connectivity index (χ2v) is 9.36. The normalized spacial score (nSPS) is 19.4. The number of anilines is 1. The van der Waals surface area contributed by atoms with Crippen LogP contribution in [-0.4, -0.2) is 49.2 Å². The molecule has 1 fully saturated rings. The van der Waals surface area contributed by atoms with Crippen molar-refractivity contribution < 1.29 is 9.53 Å². The van der Waals surface area contributed by atoms with Crippen molar-refractivity contribution in [1.82, 2.24) is 4.90 Å². The number of piperidine rings is 1. The molecule has 0 spiro atoms. The Balaban J connectivity index is 1.79. The van der Waals surface area contributed by atoms with Crippen LogP contribution in [0.1, 0.15) is 49.8 Å². The van der Waals surface area contributed by atoms with E-state index >= 15 is 0 Å². The molecule has 2 aliphatic rings. The van der Waals surface area contributed by atoms with Crippen LogP contribution in [0.3, 0.4) is 0 Å². The predicted molar refractivity (Wildman–Crippen MR) is 140 cm³/mol. The first-order valence-electron chi connectivity index (χ1n) is 12.2. The van der Waals surface area contributed by atoms with E-state index in [-0.39, 0.29) is 18.0 Å². The van der Waals surface area contributed by atoms with E-state index < -0.39 is 0 Å². The van der Waals surface area contributed by atoms with Crippen LogP contribution in [0.2, 0.25) is 0 Å². The SMILES string of the molecule is CC(=O)N1c2ccc(C(C=NC3CCN(C)CC3)=CN)c(Oc3ccccc3C#N)c2CCC1C. The number of fused-ring (bicyclic) bond motifs is 1. The number of rotatable bonds is 5. The zero-order chi connectivity index (χ0) is 24.9. The molecule has 2 aromatic rings. The average molecular weight is 472 g/mol. The second kappa shape index (κ2) is 10.7. The lowest BCUT2D eigenvalue weighted by Gasteiger charge is -2.36. The summed E-state index contributed by atoms with van der Waals surface area (Å²) in [5.41, 5.74) is 9.88. The molecule has 0 bridgehead atoms. The molecule has 1 amide bonds. The minimum Gasteiger partial charge on any atom is -0.455 e. The molecular formula is C28H33N5O2. The number of aliphatic imine (C=N–C) groups is 1. The zero-order valence-electron chi connectivity index (χ0n) is 20.7. The molecule has 4 rings (SSSR count). The van der Waals surface area contributed by atoms with Gasteiger partial charge in [0.25, 0.3) is 0 Å². The number of nitriles is 1. The summed E-state index contributed by atoms with van der Waals surface area (Å²) >= 11 is 0. The largest absolute Gasteiger partial charge is 0.455 e. The van der Waals surface area contributed by atoms with Crippen LogP contribution < -0.4 is 15.4 Å². The lowest BCUT2D eigenvalue weighted by Crippen LogP contribution is -2.40. The monoisotopic (exact) mass is 471 g/mol. The Morgan fingerprint density at radius 1 is 1.20 bits per heavy atom. The van der Waals surface area contributed by atoms with E-state index in [4.69, 9.17) is 15.5 Å². The van der Waals surface area contributed by atoms with Crippen LogP contribution >= 0.6 is 0 Å². The van der Waals surface area contributed by atoms with Crippen LogP contribution in [0.25, 0.3) is 5.57 Å². The Labute approximate surface area is 207 Å². The quantitative estimate of drug-likeness (QED) is 0.648. The van der Waals surface area contributed by atoms with Gasteiger partial charge in [0.05, 0.1) is 17.3 Å². The molecule has 7 heteroatoms. The van der Waals surface area contributed by atoms with Crippen LogP contribution in [0.4, 0.5) is 5.69 Å². The summed E-state index contributed by atoms with van der Waals surface area (Å²) in [6.45, 7) is 5.70. The number of para-hydroxylation sites is 1. The van der Waals surface area contributed by atoms with Crippen LogP contribution in [0, 0.1) is 11.3 Å². The van der Waals surface area contributed by atoms with E-state index in [1.165, 1.54) is 0 Å². The molecule has 2 aliphatic heterocycles. The molecule has 35 heavy (non-hydrogen) atoms. The second-order valence-electron chi connectivity index (χ2n) is 9.36. The van der Waals surface area contributed by atoms with Crippen molar-refractivity contribution in [2.45, 2.75) is 51.6 Å². The number of ether oxygens (including phenoxy) is 1. The van der Waals surface area contributed by atoms with Crippen molar-refractivity contribution in [2.75, 3.05) is 25.0 Å². The van der Waals surface area contributed by atoms with Gasteiger partial charge >= 0.3 is 0 Å². The van der Waals surface area contributed by atoms with Crippen molar-refractivity contribution in [1.29, 1.82) is 5.26 Å². The zero-order valence-corrected chi connectivity index (χ0v) is 20.7. The number of carbonyl (C=O) groups excluding carboxylic acids is 1. The number of allylic oxidation sites excluding steroid dienone is 1. The molecule has 1 atom stereocenters. The van der Waals surface area contributed by atoms with Crippen LogP contribution in [-0.2, 0) is 11.2 Å². The van der Waals surface area contributed by atoms with Gasteiger partial charge in [-0.2, -0.15) is 5.26 Å². The number of benzene rings is 2. The number of likely N-dealkylation sites (tertiary alicyclic amines) is 1. The van der Waals surface area contributed by atoms with Crippen molar-refractivity contribution in [3.8, 4) is 17.6 Å². The van der Waals surface area contributed by atoms with Gasteiger partial charge in [0.2, 0.25) is 5.91 Å². The van der Waals surface area contributed by atoms with Crippen LogP contribution in [0.15, 0.2) is 47.6 Å². The Morgan fingerprint density at radius 2 is 1.94 bits per heavy atom. The van der Waals surface area contributed by atoms with E-state index in [1.807, 2.05) is 35.4 Å². The summed E-state index contributed by atoms with van der Waals surface area (Å²) in [4.78, 5) is 21.5. The predicted octanol–water partition coefficient (Wildman–Crippen LogP) is 4.50. The van der Waals surface area contributed by atoms with E-state index in [1.54, 1.807) is 25.3 Å². The lowest BCUT2D eigenvalue weighted by molar-refractivity contribution is -0.117. The van der Waals surface area contributed by atoms with Crippen molar-refractivity contribution >= 4 is 23.4 Å². The van der Waals surface area contributed by atoms with Gasteiger partial charge < -0.3 is 20.3 Å². The highest BCUT2D eigenvalue weighted by Crippen LogP contribution is 2.43. The van der Waals surface area contributed by atoms with Gasteiger partial charge in [-0.15, -0.1) is 0 Å². The van der Waals surface area contributed by atoms with Gasteiger partial charge in [-0.25, -0.2) is 0 Å². The summed E-state index contributed by atoms with van der Waals surface area (Å²) in [6, 6.07) is 13.6. The van der Waals surface area contributed by atoms with E-state index in [2.05, 4.69) is 24.9 Å². The first-order valence-corrected chi connectivity index (χ1v) is 12.2. The number of carbonyl (C=O) groups is 1. The number of nitrogens with zero attached hydrogens (tertiary/aromatic N) is 4. The minimum atomic E-state index is -0.00649. The van der Waals surface area contributed by atoms with Gasteiger partial charge in [-0.1, -0.05) is 12.1 Å². The van der Waals surface area contributed by atoms with Gasteiger partial charge in [-0.3, -0.25) is 9.79 Å². The Bertz CT molecular complexity index is 1190. The van der Waals surface area contributed by atoms with Crippen molar-refractivity contribution in [3.05, 3.63) is 59.3 Å². The van der Waals surface area contributed by atoms with Gasteiger partial charge in [-0.05, 0) is 77.0 Å². The summed E-state index contributed by atoms with van der Waals surface area (Å²) in [6.07, 6.45) is 6.99. The van der Waals surface area contributed by atoms with E-state index in [9.17, 15) is 10.1 Å². The molecule has 1 unspecified atom stereocenters. The maximum atomic E-state index is 12.5. The molecular weight excluding hydrogens is 438 g/mol. The highest BCUT2D eigenvalue weighted by atomic mass is 16.5. The number of amides is 1. The standard InChI is InChI=1S/C28H33N5O2/c1-19-8-9-25-26(33(19)20(2)34)11-10-24(28(25)35-27-7-5-4-6-21(27)16-29)22(17-30)18-31-23-12-14-32(3)15-13-23/h4-7,10-11,17-19,23H,8-9,12-15,30H2,1-3H3. The average Bonchev–Trinajstić information content (AvgIpc) is 2.86. The van der Waals surface area contributed by atoms with Gasteiger partial charge in [0, 0.05) is 42.1 Å². The summed E-state index contributed by atoms with van der Waals surface area (Å²) in [5.74, 6) is 1.09. The molecule has 182 valence electrons. The number of hydrogen-bond donors (Lipinski definition) is 1. The third-order valence-electron chi connectivity index (χ3n) is 6.91. The molecule has 0 aromatic heterocycles. The fourth-order valence-corrected chi connectivity index (χ4v) is 4.92. The fourth-order valence-electron chi connectivity index (χ4n) is 4.92. The molecule has 2 aromatic carbocycles. The Morgan fingerprint density at radius 3 is 2.63 bits per heavy atom. The fraction of sp³-hybridized carbons (Fsp3) is 0.393. The molecule has 2 N–H and O–H groups in total. The molecule has 1 saturated heterocycles. The molecule has 7 nitrogen and oxygen atoms in total. The molecule has 0 radical (unpaired) electrons. The first-order chi connectivity index (χ1) is 16.9. The smallest absolute Gasteiger partial charge is 0.224 e. The topological polar surface area (TPSA) is 95.0 Å². The number of nitrogens with two attached hydrogens (primary N) is 1. The summed E-state index contributed by atoms with van der Waals surface area (Å²) in [5, 5.41) is 9.62. The Kier molecular flexibility index (Phi) is 7.52. The van der Waals surface area contributed by atoms with Crippen molar-refractivity contribution in [2.24, 2.45) is 10.7 Å². The third-order valence-corrected chi connectivity index (χ3v) is 6.91. The highest BCUT2D eigenvalue weighted by molar-refractivity contribution is 6.11. The van der Waals surface area contributed by atoms with E-state index in [0.717, 1.165) is 61.2 Å². The first kappa shape index (κ1) is 24.5. The molecule has 0 aliphatic carbocycles. The third kappa shape index (κ3) is 5.23. The maximum absolute atomic E-state index is 12.5. The van der Waals surface area contributed by atoms with Crippen LogP contribution in [0.5, 0.6) is 11.5 Å². The number of hydrogen-bond acceptors (Lipinski definition) is 6.